The predicted octanol–water partition coefficient (Wildman–Crippen LogP) is 3.26. The third kappa shape index (κ3) is 3.59. The molecule has 0 atom stereocenters. The van der Waals surface area contributed by atoms with Gasteiger partial charge in [0.05, 0.1) is 11.9 Å². The normalized spacial score (nSPS) is 14.7. The number of benzene rings is 1. The molecule has 21 heavy (non-hydrogen) atoms. The van der Waals surface area contributed by atoms with E-state index in [1.54, 1.807) is 18.6 Å². The Balaban J connectivity index is 0.00000161. The summed E-state index contributed by atoms with van der Waals surface area (Å²) in [5.74, 6) is 0. The van der Waals surface area contributed by atoms with E-state index < -0.39 is 0 Å². The summed E-state index contributed by atoms with van der Waals surface area (Å²) in [4.78, 5) is 4.12. The number of rotatable bonds is 3. The van der Waals surface area contributed by atoms with Crippen LogP contribution in [0.2, 0.25) is 0 Å². The number of hydrazone groups is 1. The number of nitrogens with zero attached hydrogens (tertiary/aromatic N) is 4. The van der Waals surface area contributed by atoms with E-state index in [9.17, 15) is 0 Å². The fourth-order valence-corrected chi connectivity index (χ4v) is 2.08. The molecular formula is C14H13BrN6. The lowest BCUT2D eigenvalue weighted by atomic mass is 10.1. The molecule has 0 unspecified atom stereocenters. The van der Waals surface area contributed by atoms with Crippen molar-refractivity contribution < 1.29 is 0 Å². The van der Waals surface area contributed by atoms with Crippen molar-refractivity contribution in [3.63, 3.8) is 0 Å². The van der Waals surface area contributed by atoms with Crippen molar-refractivity contribution >= 4 is 39.3 Å². The Morgan fingerprint density at radius 3 is 2.67 bits per heavy atom. The van der Waals surface area contributed by atoms with Crippen LogP contribution in [0.15, 0.2) is 68.6 Å². The number of hydrogen-bond donors (Lipinski definition) is 2. The van der Waals surface area contributed by atoms with E-state index >= 15 is 0 Å². The maximum Gasteiger partial charge on any atom is 0.132 e. The van der Waals surface area contributed by atoms with Crippen LogP contribution in [-0.4, -0.2) is 22.6 Å². The summed E-state index contributed by atoms with van der Waals surface area (Å²) in [7, 11) is 0. The van der Waals surface area contributed by atoms with E-state index in [1.165, 1.54) is 0 Å². The van der Waals surface area contributed by atoms with Gasteiger partial charge in [0.2, 0.25) is 0 Å². The van der Waals surface area contributed by atoms with E-state index in [4.69, 9.17) is 0 Å². The highest BCUT2D eigenvalue weighted by Crippen LogP contribution is 2.13. The van der Waals surface area contributed by atoms with Gasteiger partial charge in [0.1, 0.15) is 11.4 Å². The van der Waals surface area contributed by atoms with Crippen LogP contribution in [0, 0.1) is 0 Å². The minimum absolute atomic E-state index is 0. The SMILES string of the molecule is Brc1cncc(C2=NN=CC2=NNc2ccccc2)c1.N. The summed E-state index contributed by atoms with van der Waals surface area (Å²) in [5, 5.41) is 12.3. The van der Waals surface area contributed by atoms with Gasteiger partial charge in [0.25, 0.3) is 0 Å². The highest BCUT2D eigenvalue weighted by Gasteiger charge is 2.15. The van der Waals surface area contributed by atoms with Crippen LogP contribution >= 0.6 is 15.9 Å². The topological polar surface area (TPSA) is 97.0 Å². The molecule has 106 valence electrons. The minimum Gasteiger partial charge on any atom is -0.344 e. The first kappa shape index (κ1) is 15.0. The fraction of sp³-hybridized carbons (Fsp3) is 0. The highest BCUT2D eigenvalue weighted by molar-refractivity contribution is 9.10. The molecule has 0 spiro atoms. The van der Waals surface area contributed by atoms with E-state index in [-0.39, 0.29) is 6.15 Å². The summed E-state index contributed by atoms with van der Waals surface area (Å²) >= 11 is 3.39. The number of aromatic nitrogens is 1. The third-order valence-electron chi connectivity index (χ3n) is 2.64. The maximum atomic E-state index is 4.32. The lowest BCUT2D eigenvalue weighted by Crippen LogP contribution is -2.15. The second-order valence-corrected chi connectivity index (χ2v) is 4.98. The molecule has 0 bridgehead atoms. The molecule has 1 aromatic heterocycles. The van der Waals surface area contributed by atoms with Crippen molar-refractivity contribution in [2.75, 3.05) is 5.43 Å². The Kier molecular flexibility index (Phi) is 4.91. The van der Waals surface area contributed by atoms with Gasteiger partial charge in [0.15, 0.2) is 0 Å². The highest BCUT2D eigenvalue weighted by atomic mass is 79.9. The lowest BCUT2D eigenvalue weighted by Gasteiger charge is -2.03. The number of anilines is 1. The number of hydrogen-bond acceptors (Lipinski definition) is 6. The molecule has 0 saturated carbocycles. The summed E-state index contributed by atoms with van der Waals surface area (Å²) in [5.41, 5.74) is 6.13. The van der Waals surface area contributed by atoms with Crippen LogP contribution in [0.1, 0.15) is 5.56 Å². The standard InChI is InChI=1S/C14H10BrN5.H3N/c15-11-6-10(7-16-8-11)14-13(9-17-20-14)19-18-12-4-2-1-3-5-12;/h1-9,18H;1H3. The van der Waals surface area contributed by atoms with Gasteiger partial charge in [-0.05, 0) is 34.1 Å². The smallest absolute Gasteiger partial charge is 0.132 e. The molecule has 7 heteroatoms. The molecule has 1 aromatic carbocycles. The molecule has 0 saturated heterocycles. The van der Waals surface area contributed by atoms with Crippen LogP contribution in [0.5, 0.6) is 0 Å². The zero-order valence-electron chi connectivity index (χ0n) is 11.1. The molecule has 0 radical (unpaired) electrons. The molecule has 1 aliphatic heterocycles. The lowest BCUT2D eigenvalue weighted by molar-refractivity contribution is 1.26. The second kappa shape index (κ2) is 6.87. The van der Waals surface area contributed by atoms with Gasteiger partial charge in [-0.3, -0.25) is 10.4 Å². The Morgan fingerprint density at radius 2 is 1.90 bits per heavy atom. The van der Waals surface area contributed by atoms with Gasteiger partial charge >= 0.3 is 0 Å². The largest absolute Gasteiger partial charge is 0.344 e. The monoisotopic (exact) mass is 344 g/mol. The quantitative estimate of drug-likeness (QED) is 0.836. The predicted molar refractivity (Wildman–Crippen MR) is 89.5 cm³/mol. The van der Waals surface area contributed by atoms with E-state index in [1.807, 2.05) is 36.4 Å². The molecule has 4 N–H and O–H groups in total. The molecule has 0 amide bonds. The first-order valence-corrected chi connectivity index (χ1v) is 6.73. The number of nitrogens with one attached hydrogen (secondary N) is 1. The number of halogens is 1. The van der Waals surface area contributed by atoms with Gasteiger partial charge in [-0.15, -0.1) is 5.10 Å². The Morgan fingerprint density at radius 1 is 1.10 bits per heavy atom. The van der Waals surface area contributed by atoms with Crippen LogP contribution < -0.4 is 11.6 Å². The minimum atomic E-state index is 0. The van der Waals surface area contributed by atoms with Crippen LogP contribution in [0.4, 0.5) is 5.69 Å². The van der Waals surface area contributed by atoms with E-state index in [2.05, 4.69) is 41.6 Å². The molecule has 2 aromatic rings. The van der Waals surface area contributed by atoms with Crippen molar-refractivity contribution in [3.8, 4) is 0 Å². The zero-order chi connectivity index (χ0) is 13.8. The van der Waals surface area contributed by atoms with Crippen LogP contribution in [0.25, 0.3) is 0 Å². The van der Waals surface area contributed by atoms with Crippen molar-refractivity contribution in [1.29, 1.82) is 0 Å². The Bertz CT molecular complexity index is 708. The summed E-state index contributed by atoms with van der Waals surface area (Å²) in [6.45, 7) is 0. The summed E-state index contributed by atoms with van der Waals surface area (Å²) in [6.07, 6.45) is 5.07. The fourth-order valence-electron chi connectivity index (χ4n) is 1.72. The van der Waals surface area contributed by atoms with Gasteiger partial charge < -0.3 is 6.15 Å². The van der Waals surface area contributed by atoms with E-state index in [0.717, 1.165) is 15.7 Å². The number of pyridine rings is 1. The van der Waals surface area contributed by atoms with Gasteiger partial charge in [-0.2, -0.15) is 10.2 Å². The third-order valence-corrected chi connectivity index (χ3v) is 3.07. The molecule has 6 nitrogen and oxygen atoms in total. The molecular weight excluding hydrogens is 332 g/mol. The van der Waals surface area contributed by atoms with Crippen molar-refractivity contribution in [3.05, 3.63) is 58.8 Å². The maximum absolute atomic E-state index is 4.32. The van der Waals surface area contributed by atoms with Crippen LogP contribution in [-0.2, 0) is 0 Å². The van der Waals surface area contributed by atoms with E-state index in [0.29, 0.717) is 11.4 Å². The van der Waals surface area contributed by atoms with Crippen LogP contribution in [0.3, 0.4) is 0 Å². The average molecular weight is 345 g/mol. The van der Waals surface area contributed by atoms with Gasteiger partial charge in [0, 0.05) is 22.4 Å². The summed E-state index contributed by atoms with van der Waals surface area (Å²) in [6, 6.07) is 11.6. The van der Waals surface area contributed by atoms with Gasteiger partial charge in [-0.25, -0.2) is 0 Å². The average Bonchev–Trinajstić information content (AvgIpc) is 2.95. The zero-order valence-corrected chi connectivity index (χ0v) is 12.7. The number of para-hydroxylation sites is 1. The first-order valence-electron chi connectivity index (χ1n) is 5.94. The second-order valence-electron chi connectivity index (χ2n) is 4.06. The molecule has 0 fully saturated rings. The Labute approximate surface area is 130 Å². The van der Waals surface area contributed by atoms with Crippen molar-refractivity contribution in [1.82, 2.24) is 11.1 Å². The first-order chi connectivity index (χ1) is 9.83. The summed E-state index contributed by atoms with van der Waals surface area (Å²) < 4.78 is 0.889. The molecule has 3 rings (SSSR count). The molecule has 2 heterocycles. The van der Waals surface area contributed by atoms with Crippen molar-refractivity contribution in [2.24, 2.45) is 15.3 Å². The molecule has 0 aliphatic carbocycles. The molecule has 1 aliphatic rings. The van der Waals surface area contributed by atoms with Gasteiger partial charge in [-0.1, -0.05) is 18.2 Å². The Hall–Kier alpha value is -2.38. The van der Waals surface area contributed by atoms with Crippen molar-refractivity contribution in [2.45, 2.75) is 0 Å².